The molecule has 1 aliphatic heterocycles. The Morgan fingerprint density at radius 3 is 2.44 bits per heavy atom. The van der Waals surface area contributed by atoms with E-state index < -0.39 is 0 Å². The van der Waals surface area contributed by atoms with Gasteiger partial charge in [-0.2, -0.15) is 5.10 Å². The van der Waals surface area contributed by atoms with Crippen LogP contribution in [0.4, 0.5) is 11.5 Å². The van der Waals surface area contributed by atoms with Crippen LogP contribution in [-0.4, -0.2) is 48.8 Å². The SMILES string of the molecule is C/C(=N\NC(=O)c1cccc(Br)c1)c1ccc(C(=O)Nc2cc(N3CCOCC3)ccn2)cc1. The van der Waals surface area contributed by atoms with Gasteiger partial charge in [0.2, 0.25) is 0 Å². The van der Waals surface area contributed by atoms with E-state index in [4.69, 9.17) is 4.74 Å². The summed E-state index contributed by atoms with van der Waals surface area (Å²) >= 11 is 3.35. The third kappa shape index (κ3) is 6.06. The smallest absolute Gasteiger partial charge is 0.271 e. The van der Waals surface area contributed by atoms with Gasteiger partial charge in [0.1, 0.15) is 5.82 Å². The Bertz CT molecular complexity index is 1210. The molecule has 1 aromatic heterocycles. The van der Waals surface area contributed by atoms with Crippen LogP contribution in [0, 0.1) is 0 Å². The highest BCUT2D eigenvalue weighted by Gasteiger charge is 2.13. The van der Waals surface area contributed by atoms with E-state index in [2.05, 4.69) is 41.7 Å². The van der Waals surface area contributed by atoms with Gasteiger partial charge in [-0.3, -0.25) is 9.59 Å². The monoisotopic (exact) mass is 521 g/mol. The van der Waals surface area contributed by atoms with Crippen molar-refractivity contribution in [2.24, 2.45) is 5.10 Å². The second-order valence-electron chi connectivity index (χ2n) is 7.68. The second kappa shape index (κ2) is 11.0. The minimum absolute atomic E-state index is 0.254. The fourth-order valence-corrected chi connectivity index (χ4v) is 3.85. The number of hydrogen-bond donors (Lipinski definition) is 2. The van der Waals surface area contributed by atoms with Crippen molar-refractivity contribution in [2.75, 3.05) is 36.5 Å². The predicted molar refractivity (Wildman–Crippen MR) is 135 cm³/mol. The first kappa shape index (κ1) is 23.6. The topological polar surface area (TPSA) is 95.9 Å². The number of morpholine rings is 1. The number of nitrogens with one attached hydrogen (secondary N) is 2. The van der Waals surface area contributed by atoms with E-state index in [1.54, 1.807) is 55.6 Å². The van der Waals surface area contributed by atoms with Gasteiger partial charge in [0.25, 0.3) is 11.8 Å². The Kier molecular flexibility index (Phi) is 7.66. The molecule has 2 N–H and O–H groups in total. The molecule has 2 amide bonds. The molecule has 8 nitrogen and oxygen atoms in total. The number of hydrazone groups is 1. The molecule has 0 aliphatic carbocycles. The highest BCUT2D eigenvalue weighted by molar-refractivity contribution is 9.10. The standard InChI is InChI=1S/C25H24BrN5O3/c1-17(29-30-25(33)20-3-2-4-21(26)15-20)18-5-7-19(8-6-18)24(32)28-23-16-22(9-10-27-23)31-11-13-34-14-12-31/h2-10,15-16H,11-14H2,1H3,(H,30,33)(H,27,28,32)/b29-17+. The highest BCUT2D eigenvalue weighted by atomic mass is 79.9. The van der Waals surface area contributed by atoms with Crippen LogP contribution in [0.1, 0.15) is 33.2 Å². The number of rotatable bonds is 6. The van der Waals surface area contributed by atoms with Crippen molar-refractivity contribution in [1.82, 2.24) is 10.4 Å². The Hall–Kier alpha value is -3.56. The number of amides is 2. The molecule has 0 atom stereocenters. The Morgan fingerprint density at radius 2 is 1.71 bits per heavy atom. The van der Waals surface area contributed by atoms with Crippen LogP contribution in [0.15, 0.2) is 76.4 Å². The van der Waals surface area contributed by atoms with Crippen molar-refractivity contribution >= 4 is 45.0 Å². The third-order valence-corrected chi connectivity index (χ3v) is 5.83. The number of carbonyl (C=O) groups excluding carboxylic acids is 2. The van der Waals surface area contributed by atoms with Gasteiger partial charge in [-0.05, 0) is 48.9 Å². The fourth-order valence-electron chi connectivity index (χ4n) is 3.45. The maximum absolute atomic E-state index is 12.7. The number of anilines is 2. The molecule has 9 heteroatoms. The summed E-state index contributed by atoms with van der Waals surface area (Å²) in [5.74, 6) is -0.0646. The van der Waals surface area contributed by atoms with E-state index in [9.17, 15) is 9.59 Å². The molecule has 0 spiro atoms. The molecule has 34 heavy (non-hydrogen) atoms. The van der Waals surface area contributed by atoms with E-state index in [0.29, 0.717) is 35.9 Å². The Morgan fingerprint density at radius 1 is 0.971 bits per heavy atom. The van der Waals surface area contributed by atoms with Crippen LogP contribution in [0.3, 0.4) is 0 Å². The number of hydrogen-bond acceptors (Lipinski definition) is 6. The molecule has 2 heterocycles. The van der Waals surface area contributed by atoms with Gasteiger partial charge in [-0.15, -0.1) is 0 Å². The molecule has 1 fully saturated rings. The van der Waals surface area contributed by atoms with Crippen molar-refractivity contribution in [3.63, 3.8) is 0 Å². The predicted octanol–water partition coefficient (Wildman–Crippen LogP) is 4.09. The summed E-state index contributed by atoms with van der Waals surface area (Å²) in [4.78, 5) is 31.4. The van der Waals surface area contributed by atoms with E-state index >= 15 is 0 Å². The average Bonchev–Trinajstić information content (AvgIpc) is 2.88. The molecule has 2 aromatic carbocycles. The van der Waals surface area contributed by atoms with E-state index in [1.165, 1.54) is 0 Å². The lowest BCUT2D eigenvalue weighted by molar-refractivity contribution is 0.0954. The summed E-state index contributed by atoms with van der Waals surface area (Å²) in [6.07, 6.45) is 1.69. The molecule has 0 radical (unpaired) electrons. The summed E-state index contributed by atoms with van der Waals surface area (Å²) < 4.78 is 6.21. The summed E-state index contributed by atoms with van der Waals surface area (Å²) in [6.45, 7) is 4.78. The van der Waals surface area contributed by atoms with Gasteiger partial charge in [-0.25, -0.2) is 10.4 Å². The molecule has 1 saturated heterocycles. The number of carbonyl (C=O) groups is 2. The number of nitrogens with zero attached hydrogens (tertiary/aromatic N) is 3. The summed E-state index contributed by atoms with van der Waals surface area (Å²) in [5, 5.41) is 7.02. The third-order valence-electron chi connectivity index (χ3n) is 5.34. The van der Waals surface area contributed by atoms with E-state index in [-0.39, 0.29) is 11.8 Å². The molecule has 0 bridgehead atoms. The van der Waals surface area contributed by atoms with Crippen LogP contribution in [0.5, 0.6) is 0 Å². The van der Waals surface area contributed by atoms with Crippen molar-refractivity contribution in [1.29, 1.82) is 0 Å². The van der Waals surface area contributed by atoms with E-state index in [1.807, 2.05) is 18.2 Å². The zero-order valence-corrected chi connectivity index (χ0v) is 20.2. The number of benzene rings is 2. The van der Waals surface area contributed by atoms with Crippen LogP contribution in [-0.2, 0) is 4.74 Å². The molecule has 174 valence electrons. The van der Waals surface area contributed by atoms with Crippen LogP contribution in [0.25, 0.3) is 0 Å². The molecular weight excluding hydrogens is 498 g/mol. The quantitative estimate of drug-likeness (QED) is 0.376. The van der Waals surface area contributed by atoms with Crippen LogP contribution >= 0.6 is 15.9 Å². The zero-order valence-electron chi connectivity index (χ0n) is 18.6. The van der Waals surface area contributed by atoms with Gasteiger partial charge in [0, 0.05) is 46.6 Å². The first-order valence-electron chi connectivity index (χ1n) is 10.8. The summed E-state index contributed by atoms with van der Waals surface area (Å²) in [5.41, 5.74) is 5.96. The van der Waals surface area contributed by atoms with Crippen molar-refractivity contribution in [3.8, 4) is 0 Å². The number of pyridine rings is 1. The number of halogens is 1. The summed E-state index contributed by atoms with van der Waals surface area (Å²) in [6, 6.07) is 17.9. The normalized spacial score (nSPS) is 13.9. The van der Waals surface area contributed by atoms with Gasteiger partial charge in [0.15, 0.2) is 0 Å². The van der Waals surface area contributed by atoms with Crippen molar-refractivity contribution < 1.29 is 14.3 Å². The van der Waals surface area contributed by atoms with Gasteiger partial charge < -0.3 is 15.0 Å². The number of ether oxygens (including phenoxy) is 1. The maximum Gasteiger partial charge on any atom is 0.271 e. The van der Waals surface area contributed by atoms with Gasteiger partial charge in [0.05, 0.1) is 18.9 Å². The number of aromatic nitrogens is 1. The Labute approximate surface area is 206 Å². The molecule has 1 aliphatic rings. The Balaban J connectivity index is 1.37. The zero-order chi connectivity index (χ0) is 23.9. The van der Waals surface area contributed by atoms with E-state index in [0.717, 1.165) is 28.8 Å². The molecule has 0 unspecified atom stereocenters. The first-order chi connectivity index (χ1) is 16.5. The lowest BCUT2D eigenvalue weighted by Gasteiger charge is -2.28. The maximum atomic E-state index is 12.7. The molecular formula is C25H24BrN5O3. The van der Waals surface area contributed by atoms with Crippen molar-refractivity contribution in [2.45, 2.75) is 6.92 Å². The van der Waals surface area contributed by atoms with Gasteiger partial charge >= 0.3 is 0 Å². The van der Waals surface area contributed by atoms with Crippen LogP contribution in [0.2, 0.25) is 0 Å². The average molecular weight is 522 g/mol. The largest absolute Gasteiger partial charge is 0.378 e. The highest BCUT2D eigenvalue weighted by Crippen LogP contribution is 2.19. The lowest BCUT2D eigenvalue weighted by atomic mass is 10.1. The van der Waals surface area contributed by atoms with Crippen molar-refractivity contribution in [3.05, 3.63) is 88.0 Å². The second-order valence-corrected chi connectivity index (χ2v) is 8.59. The molecule has 0 saturated carbocycles. The molecule has 3 aromatic rings. The fraction of sp³-hybridized carbons (Fsp3) is 0.200. The lowest BCUT2D eigenvalue weighted by Crippen LogP contribution is -2.36. The summed E-state index contributed by atoms with van der Waals surface area (Å²) in [7, 11) is 0. The molecule has 4 rings (SSSR count). The first-order valence-corrected chi connectivity index (χ1v) is 11.6. The van der Waals surface area contributed by atoms with Gasteiger partial charge in [-0.1, -0.05) is 34.1 Å². The minimum atomic E-state index is -0.302. The van der Waals surface area contributed by atoms with Crippen LogP contribution < -0.4 is 15.6 Å². The minimum Gasteiger partial charge on any atom is -0.378 e.